The number of hydrogen-bond donors (Lipinski definition) is 1. The number of ketones is 1. The molecule has 69 valence electrons. The van der Waals surface area contributed by atoms with Crippen LogP contribution in [-0.4, -0.2) is 10.8 Å². The lowest BCUT2D eigenvalue weighted by molar-refractivity contribution is 0.101. The molecule has 0 saturated carbocycles. The zero-order valence-electron chi connectivity index (χ0n) is 7.87. The standard InChI is InChI=1S/C12H10NO/c1-9(14)11-7-13-8-12(11)10-5-3-2-4-6-10/h2-6,8,13H,1H3. The molecule has 0 bridgehead atoms. The summed E-state index contributed by atoms with van der Waals surface area (Å²) in [4.78, 5) is 14.1. The molecule has 2 nitrogen and oxygen atoms in total. The molecule has 2 aromatic rings. The first-order chi connectivity index (χ1) is 6.79. The minimum atomic E-state index is 0.0325. The number of H-pyrrole nitrogens is 1. The van der Waals surface area contributed by atoms with Gasteiger partial charge in [0.05, 0.1) is 11.8 Å². The second-order valence-corrected chi connectivity index (χ2v) is 3.12. The van der Waals surface area contributed by atoms with Gasteiger partial charge in [0.25, 0.3) is 0 Å². The van der Waals surface area contributed by atoms with Gasteiger partial charge >= 0.3 is 0 Å². The van der Waals surface area contributed by atoms with Gasteiger partial charge in [-0.2, -0.15) is 0 Å². The average molecular weight is 184 g/mol. The average Bonchev–Trinajstić information content (AvgIpc) is 2.67. The highest BCUT2D eigenvalue weighted by molar-refractivity contribution is 6.00. The van der Waals surface area contributed by atoms with E-state index in [1.165, 1.54) is 0 Å². The Kier molecular flexibility index (Phi) is 2.19. The molecule has 0 saturated heterocycles. The molecule has 2 rings (SSSR count). The smallest absolute Gasteiger partial charge is 0.162 e. The SMILES string of the molecule is CC(=O)c1[c][nH]cc1-c1ccccc1. The Morgan fingerprint density at radius 2 is 2.00 bits per heavy atom. The van der Waals surface area contributed by atoms with Crippen molar-refractivity contribution in [3.05, 3.63) is 48.3 Å². The number of aromatic nitrogens is 1. The highest BCUT2D eigenvalue weighted by atomic mass is 16.1. The molecular formula is C12H10NO. The fraction of sp³-hybridized carbons (Fsp3) is 0.0833. The number of hydrogen-bond acceptors (Lipinski definition) is 1. The van der Waals surface area contributed by atoms with Gasteiger partial charge in [0.15, 0.2) is 5.78 Å². The van der Waals surface area contributed by atoms with Crippen LogP contribution in [0.4, 0.5) is 0 Å². The Labute approximate surface area is 82.6 Å². The van der Waals surface area contributed by atoms with Crippen molar-refractivity contribution in [2.75, 3.05) is 0 Å². The Bertz CT molecular complexity index is 442. The van der Waals surface area contributed by atoms with Crippen LogP contribution in [0.2, 0.25) is 0 Å². The molecule has 0 atom stereocenters. The van der Waals surface area contributed by atoms with Crippen molar-refractivity contribution < 1.29 is 4.79 Å². The maximum absolute atomic E-state index is 11.2. The Morgan fingerprint density at radius 1 is 1.29 bits per heavy atom. The monoisotopic (exact) mass is 184 g/mol. The molecule has 0 aliphatic heterocycles. The first-order valence-corrected chi connectivity index (χ1v) is 4.44. The van der Waals surface area contributed by atoms with E-state index in [4.69, 9.17) is 0 Å². The van der Waals surface area contributed by atoms with E-state index in [1.807, 2.05) is 30.3 Å². The highest BCUT2D eigenvalue weighted by Crippen LogP contribution is 2.22. The molecule has 1 N–H and O–H groups in total. The van der Waals surface area contributed by atoms with E-state index in [0.717, 1.165) is 11.1 Å². The van der Waals surface area contributed by atoms with Crippen LogP contribution < -0.4 is 0 Å². The van der Waals surface area contributed by atoms with Crippen LogP contribution in [0.3, 0.4) is 0 Å². The van der Waals surface area contributed by atoms with Gasteiger partial charge < -0.3 is 4.98 Å². The number of carbonyl (C=O) groups is 1. The highest BCUT2D eigenvalue weighted by Gasteiger charge is 2.09. The van der Waals surface area contributed by atoms with Crippen LogP contribution in [-0.2, 0) is 0 Å². The van der Waals surface area contributed by atoms with Crippen LogP contribution in [0.1, 0.15) is 17.3 Å². The Balaban J connectivity index is 2.52. The molecule has 1 heterocycles. The van der Waals surface area contributed by atoms with Crippen molar-refractivity contribution in [1.29, 1.82) is 0 Å². The topological polar surface area (TPSA) is 32.9 Å². The molecule has 0 aliphatic carbocycles. The molecule has 1 radical (unpaired) electrons. The largest absolute Gasteiger partial charge is 0.359 e. The summed E-state index contributed by atoms with van der Waals surface area (Å²) < 4.78 is 0. The molecule has 0 spiro atoms. The Hall–Kier alpha value is -1.83. The minimum Gasteiger partial charge on any atom is -0.359 e. The van der Waals surface area contributed by atoms with Crippen molar-refractivity contribution in [3.63, 3.8) is 0 Å². The van der Waals surface area contributed by atoms with Crippen molar-refractivity contribution in [2.45, 2.75) is 6.92 Å². The quantitative estimate of drug-likeness (QED) is 0.715. The van der Waals surface area contributed by atoms with E-state index in [1.54, 1.807) is 13.1 Å². The third-order valence-corrected chi connectivity index (χ3v) is 2.12. The fourth-order valence-electron chi connectivity index (χ4n) is 1.44. The summed E-state index contributed by atoms with van der Waals surface area (Å²) in [5, 5.41) is 0. The Morgan fingerprint density at radius 3 is 2.64 bits per heavy atom. The molecule has 0 aliphatic rings. The van der Waals surface area contributed by atoms with Gasteiger partial charge in [0.1, 0.15) is 0 Å². The predicted molar refractivity (Wildman–Crippen MR) is 55.1 cm³/mol. The van der Waals surface area contributed by atoms with Gasteiger partial charge in [-0.15, -0.1) is 0 Å². The second kappa shape index (κ2) is 3.50. The third-order valence-electron chi connectivity index (χ3n) is 2.12. The summed E-state index contributed by atoms with van der Waals surface area (Å²) in [6, 6.07) is 9.80. The predicted octanol–water partition coefficient (Wildman–Crippen LogP) is 2.68. The van der Waals surface area contributed by atoms with Crippen molar-refractivity contribution in [1.82, 2.24) is 4.98 Å². The molecule has 1 aromatic heterocycles. The lowest BCUT2D eigenvalue weighted by Crippen LogP contribution is -1.91. The summed E-state index contributed by atoms with van der Waals surface area (Å²) in [5.74, 6) is 0.0325. The first kappa shape index (κ1) is 8.75. The first-order valence-electron chi connectivity index (χ1n) is 4.44. The fourth-order valence-corrected chi connectivity index (χ4v) is 1.44. The maximum Gasteiger partial charge on any atom is 0.162 e. The van der Waals surface area contributed by atoms with E-state index in [2.05, 4.69) is 11.2 Å². The number of rotatable bonds is 2. The molecule has 0 fully saturated rings. The van der Waals surface area contributed by atoms with E-state index in [9.17, 15) is 4.79 Å². The summed E-state index contributed by atoms with van der Waals surface area (Å²) in [7, 11) is 0. The van der Waals surface area contributed by atoms with Crippen LogP contribution in [0.15, 0.2) is 36.5 Å². The normalized spacial score (nSPS) is 10.1. The van der Waals surface area contributed by atoms with Crippen molar-refractivity contribution in [3.8, 4) is 11.1 Å². The summed E-state index contributed by atoms with van der Waals surface area (Å²) in [5.41, 5.74) is 2.57. The van der Waals surface area contributed by atoms with Crippen LogP contribution in [0, 0.1) is 6.20 Å². The van der Waals surface area contributed by atoms with Gasteiger partial charge in [-0.1, -0.05) is 30.3 Å². The number of carbonyl (C=O) groups excluding carboxylic acids is 1. The van der Waals surface area contributed by atoms with Gasteiger partial charge in [0, 0.05) is 11.8 Å². The number of aromatic amines is 1. The van der Waals surface area contributed by atoms with E-state index < -0.39 is 0 Å². The molecule has 14 heavy (non-hydrogen) atoms. The van der Waals surface area contributed by atoms with Crippen LogP contribution in [0.5, 0.6) is 0 Å². The van der Waals surface area contributed by atoms with Gasteiger partial charge in [0.2, 0.25) is 0 Å². The van der Waals surface area contributed by atoms with Gasteiger partial charge in [-0.25, -0.2) is 0 Å². The van der Waals surface area contributed by atoms with Crippen molar-refractivity contribution in [2.24, 2.45) is 0 Å². The molecule has 1 aromatic carbocycles. The summed E-state index contributed by atoms with van der Waals surface area (Å²) in [6.45, 7) is 1.55. The van der Waals surface area contributed by atoms with Crippen molar-refractivity contribution >= 4 is 5.78 Å². The maximum atomic E-state index is 11.2. The summed E-state index contributed by atoms with van der Waals surface area (Å²) in [6.07, 6.45) is 4.63. The molecule has 0 unspecified atom stereocenters. The lowest BCUT2D eigenvalue weighted by Gasteiger charge is -1.99. The van der Waals surface area contributed by atoms with Gasteiger partial charge in [-0.3, -0.25) is 4.79 Å². The van der Waals surface area contributed by atoms with Crippen LogP contribution in [0.25, 0.3) is 11.1 Å². The third kappa shape index (κ3) is 1.46. The zero-order valence-corrected chi connectivity index (χ0v) is 7.87. The molecule has 0 amide bonds. The number of Topliss-reactive ketones (excluding diaryl/α,β-unsaturated/α-hetero) is 1. The second-order valence-electron chi connectivity index (χ2n) is 3.12. The van der Waals surface area contributed by atoms with E-state index in [0.29, 0.717) is 5.56 Å². The van der Waals surface area contributed by atoms with Gasteiger partial charge in [-0.05, 0) is 12.5 Å². The number of nitrogens with one attached hydrogen (secondary N) is 1. The molecule has 2 heteroatoms. The van der Waals surface area contributed by atoms with E-state index in [-0.39, 0.29) is 5.78 Å². The lowest BCUT2D eigenvalue weighted by atomic mass is 10.0. The zero-order chi connectivity index (χ0) is 9.97. The van der Waals surface area contributed by atoms with E-state index >= 15 is 0 Å². The minimum absolute atomic E-state index is 0.0325. The van der Waals surface area contributed by atoms with Crippen LogP contribution >= 0.6 is 0 Å². The summed E-state index contributed by atoms with van der Waals surface area (Å²) >= 11 is 0. The molecular weight excluding hydrogens is 174 g/mol. The number of benzene rings is 1.